The minimum atomic E-state index is -1.15. The average Bonchev–Trinajstić information content (AvgIpc) is 2.81. The Balaban J connectivity index is 0.00000113. The molecule has 0 spiro atoms. The third-order valence-electron chi connectivity index (χ3n) is 5.30. The lowest BCUT2D eigenvalue weighted by Crippen LogP contribution is -2.41. The fourth-order valence-corrected chi connectivity index (χ4v) is 4.25. The van der Waals surface area contributed by atoms with Crippen LogP contribution in [0.4, 0.5) is 0 Å². The molecule has 2 aromatic rings. The molecule has 5 nitrogen and oxygen atoms in total. The molecule has 2 fully saturated rings. The molecule has 2 atom stereocenters. The number of carboxylic acid groups (broad SMARTS) is 1. The molecular weight excluding hydrogens is 361 g/mol. The van der Waals surface area contributed by atoms with E-state index in [4.69, 9.17) is 5.41 Å². The Kier molecular flexibility index (Phi) is 5.91. The Hall–Kier alpha value is -1.85. The molecule has 3 heterocycles. The lowest BCUT2D eigenvalue weighted by atomic mass is 9.85. The minimum absolute atomic E-state index is 0. The zero-order chi connectivity index (χ0) is 16.0. The highest BCUT2D eigenvalue weighted by Gasteiger charge is 2.40. The highest BCUT2D eigenvalue weighted by molar-refractivity contribution is 5.93. The summed E-state index contributed by atoms with van der Waals surface area (Å²) >= 11 is 0. The maximum absolute atomic E-state index is 11.6. The topological polar surface area (TPSA) is 80.1 Å². The number of fused-ring (bicyclic) bond motifs is 3. The van der Waals surface area contributed by atoms with Gasteiger partial charge in [-0.2, -0.15) is 0 Å². The van der Waals surface area contributed by atoms with Crippen molar-refractivity contribution in [3.63, 3.8) is 0 Å². The van der Waals surface area contributed by atoms with Crippen LogP contribution < -0.4 is 5.11 Å². The molecule has 2 aliphatic rings. The van der Waals surface area contributed by atoms with Gasteiger partial charge in [-0.3, -0.25) is 10.4 Å². The molecule has 0 aliphatic carbocycles. The third-order valence-corrected chi connectivity index (χ3v) is 5.30. The van der Waals surface area contributed by atoms with Gasteiger partial charge in [0.05, 0.1) is 23.5 Å². The fourth-order valence-electron chi connectivity index (χ4n) is 4.25. The number of benzene rings is 1. The number of pyridine rings is 1. The van der Waals surface area contributed by atoms with Gasteiger partial charge in [-0.05, 0) is 37.8 Å². The molecule has 2 bridgehead atoms. The highest BCUT2D eigenvalue weighted by atomic mass is 35.5. The first-order valence-corrected chi connectivity index (χ1v) is 8.06. The van der Waals surface area contributed by atoms with Crippen LogP contribution >= 0.6 is 24.8 Å². The zero-order valence-electron chi connectivity index (χ0n) is 13.6. The van der Waals surface area contributed by atoms with Crippen molar-refractivity contribution < 1.29 is 9.90 Å². The molecule has 2 unspecified atom stereocenters. The SMILES string of the molecule is Cl.Cl.N=CN1C2CCC1CC(c1nc3ccccc3cc1C(=O)[O-])C2. The van der Waals surface area contributed by atoms with E-state index in [0.717, 1.165) is 36.6 Å². The van der Waals surface area contributed by atoms with Gasteiger partial charge in [0.25, 0.3) is 0 Å². The van der Waals surface area contributed by atoms with Crippen molar-refractivity contribution in [2.45, 2.75) is 43.7 Å². The molecule has 0 radical (unpaired) electrons. The van der Waals surface area contributed by atoms with E-state index in [1.165, 1.54) is 6.34 Å². The van der Waals surface area contributed by atoms with Crippen molar-refractivity contribution >= 4 is 48.0 Å². The van der Waals surface area contributed by atoms with Crippen LogP contribution in [0.5, 0.6) is 0 Å². The summed E-state index contributed by atoms with van der Waals surface area (Å²) in [5.74, 6) is -1.03. The average molecular weight is 381 g/mol. The van der Waals surface area contributed by atoms with Crippen LogP contribution in [-0.4, -0.2) is 34.3 Å². The predicted octanol–water partition coefficient (Wildman–Crippen LogP) is 2.76. The summed E-state index contributed by atoms with van der Waals surface area (Å²) < 4.78 is 0. The van der Waals surface area contributed by atoms with Crippen LogP contribution in [0.15, 0.2) is 30.3 Å². The van der Waals surface area contributed by atoms with Gasteiger partial charge in [0.1, 0.15) is 0 Å². The molecule has 134 valence electrons. The van der Waals surface area contributed by atoms with Gasteiger partial charge >= 0.3 is 0 Å². The van der Waals surface area contributed by atoms with Gasteiger partial charge in [-0.15, -0.1) is 24.8 Å². The zero-order valence-corrected chi connectivity index (χ0v) is 15.2. The predicted molar refractivity (Wildman–Crippen MR) is 100.0 cm³/mol. The number of para-hydroxylation sites is 1. The van der Waals surface area contributed by atoms with Gasteiger partial charge in [-0.1, -0.05) is 18.2 Å². The summed E-state index contributed by atoms with van der Waals surface area (Å²) in [6, 6.07) is 9.94. The third kappa shape index (κ3) is 3.31. The second-order valence-corrected chi connectivity index (χ2v) is 6.53. The van der Waals surface area contributed by atoms with E-state index in [1.807, 2.05) is 24.3 Å². The molecule has 7 heteroatoms. The lowest BCUT2D eigenvalue weighted by molar-refractivity contribution is -0.255. The smallest absolute Gasteiger partial charge is 0.0822 e. The summed E-state index contributed by atoms with van der Waals surface area (Å²) in [4.78, 5) is 18.4. The lowest BCUT2D eigenvalue weighted by Gasteiger charge is -2.38. The molecule has 1 aromatic carbocycles. The molecule has 0 saturated carbocycles. The van der Waals surface area contributed by atoms with E-state index in [2.05, 4.69) is 9.88 Å². The molecule has 1 aromatic heterocycles. The molecule has 2 saturated heterocycles. The normalized spacial score (nSPS) is 24.3. The van der Waals surface area contributed by atoms with E-state index in [1.54, 1.807) is 6.07 Å². The summed E-state index contributed by atoms with van der Waals surface area (Å²) in [5.41, 5.74) is 1.70. The fraction of sp³-hybridized carbons (Fsp3) is 0.389. The number of nitrogens with one attached hydrogen (secondary N) is 1. The maximum atomic E-state index is 11.6. The first-order valence-electron chi connectivity index (χ1n) is 8.06. The number of rotatable bonds is 3. The number of carboxylic acids is 1. The van der Waals surface area contributed by atoms with E-state index in [9.17, 15) is 9.90 Å². The largest absolute Gasteiger partial charge is 0.545 e. The van der Waals surface area contributed by atoms with Gasteiger partial charge < -0.3 is 14.8 Å². The quantitative estimate of drug-likeness (QED) is 0.655. The minimum Gasteiger partial charge on any atom is -0.545 e. The number of nitrogens with zero attached hydrogens (tertiary/aromatic N) is 2. The summed E-state index contributed by atoms with van der Waals surface area (Å²) in [5, 5.41) is 20.0. The van der Waals surface area contributed by atoms with Crippen molar-refractivity contribution in [2.75, 3.05) is 0 Å². The number of hydrogen-bond donors (Lipinski definition) is 1. The van der Waals surface area contributed by atoms with Crippen molar-refractivity contribution in [1.29, 1.82) is 5.41 Å². The van der Waals surface area contributed by atoms with Gasteiger partial charge in [0.15, 0.2) is 0 Å². The number of aromatic carboxylic acids is 1. The van der Waals surface area contributed by atoms with Crippen molar-refractivity contribution in [3.8, 4) is 0 Å². The molecule has 0 amide bonds. The van der Waals surface area contributed by atoms with Crippen LogP contribution in [0.3, 0.4) is 0 Å². The number of carbonyl (C=O) groups excluding carboxylic acids is 1. The van der Waals surface area contributed by atoms with Gasteiger partial charge in [-0.25, -0.2) is 0 Å². The second-order valence-electron chi connectivity index (χ2n) is 6.53. The first-order chi connectivity index (χ1) is 11.2. The van der Waals surface area contributed by atoms with Crippen molar-refractivity contribution in [3.05, 3.63) is 41.6 Å². The number of halogens is 2. The summed E-state index contributed by atoms with van der Waals surface area (Å²) in [7, 11) is 0. The van der Waals surface area contributed by atoms with Crippen LogP contribution in [0.1, 0.15) is 47.7 Å². The summed E-state index contributed by atoms with van der Waals surface area (Å²) in [6.07, 6.45) is 5.30. The van der Waals surface area contributed by atoms with Crippen LogP contribution in [-0.2, 0) is 0 Å². The second kappa shape index (κ2) is 7.58. The standard InChI is InChI=1S/C18H19N3O2.2ClH/c19-10-21-13-5-6-14(21)8-12(7-13)17-15(18(22)23)9-11-3-1-2-4-16(11)20-17;;/h1-4,9-10,12-14,19H,5-8H2,(H,22,23);2*1H/p-1. The number of hydrogen-bond acceptors (Lipinski definition) is 4. The molecule has 25 heavy (non-hydrogen) atoms. The Morgan fingerprint density at radius 1 is 1.20 bits per heavy atom. The monoisotopic (exact) mass is 380 g/mol. The van der Waals surface area contributed by atoms with Crippen molar-refractivity contribution in [2.24, 2.45) is 0 Å². The molecule has 2 aliphatic heterocycles. The first kappa shape index (κ1) is 19.5. The Morgan fingerprint density at radius 3 is 2.44 bits per heavy atom. The van der Waals surface area contributed by atoms with E-state index in [-0.39, 0.29) is 36.3 Å². The van der Waals surface area contributed by atoms with Crippen LogP contribution in [0.25, 0.3) is 10.9 Å². The Morgan fingerprint density at radius 2 is 1.84 bits per heavy atom. The number of piperidine rings is 1. The maximum Gasteiger partial charge on any atom is 0.0822 e. The number of carbonyl (C=O) groups is 1. The van der Waals surface area contributed by atoms with Gasteiger partial charge in [0, 0.05) is 29.0 Å². The molecule has 4 rings (SSSR count). The molecule has 1 N–H and O–H groups in total. The highest BCUT2D eigenvalue weighted by Crippen LogP contribution is 2.42. The summed E-state index contributed by atoms with van der Waals surface area (Å²) in [6.45, 7) is 0. The van der Waals surface area contributed by atoms with Gasteiger partial charge in [0.2, 0.25) is 0 Å². The van der Waals surface area contributed by atoms with Crippen molar-refractivity contribution in [1.82, 2.24) is 9.88 Å². The molecular formula is C18H20Cl2N3O2-. The Bertz CT molecular complexity index is 785. The number of aromatic nitrogens is 1. The Labute approximate surface area is 158 Å². The van der Waals surface area contributed by atoms with E-state index < -0.39 is 5.97 Å². The van der Waals surface area contributed by atoms with E-state index in [0.29, 0.717) is 17.8 Å². The van der Waals surface area contributed by atoms with E-state index >= 15 is 0 Å². The van der Waals surface area contributed by atoms with Crippen LogP contribution in [0.2, 0.25) is 0 Å². The van der Waals surface area contributed by atoms with Crippen LogP contribution in [0, 0.1) is 5.41 Å².